The molecule has 1 aliphatic rings. The Kier molecular flexibility index (Phi) is 6.10. The van der Waals surface area contributed by atoms with Gasteiger partial charge in [0.1, 0.15) is 11.3 Å². The average Bonchev–Trinajstić information content (AvgIpc) is 3.28. The molecule has 1 fully saturated rings. The van der Waals surface area contributed by atoms with Gasteiger partial charge < -0.3 is 14.6 Å². The SMILES string of the molecule is C=CCn1c(SCC(=O)NN2C(=O)N[C@](C)(c3cccc(OC)c3)C2=O)nc2ccccc21. The molecule has 0 bridgehead atoms. The average molecular weight is 466 g/mol. The van der Waals surface area contributed by atoms with E-state index in [-0.39, 0.29) is 5.75 Å². The normalized spacial score (nSPS) is 17.8. The highest BCUT2D eigenvalue weighted by Crippen LogP contribution is 2.30. The number of amides is 4. The van der Waals surface area contributed by atoms with E-state index in [4.69, 9.17) is 4.74 Å². The molecule has 1 atom stereocenters. The number of hydrogen-bond acceptors (Lipinski definition) is 6. The number of fused-ring (bicyclic) bond motifs is 1. The summed E-state index contributed by atoms with van der Waals surface area (Å²) in [5.41, 5.74) is 3.37. The second-order valence-corrected chi connectivity index (χ2v) is 8.48. The van der Waals surface area contributed by atoms with Crippen LogP contribution in [0.4, 0.5) is 4.79 Å². The van der Waals surface area contributed by atoms with Gasteiger partial charge in [-0.3, -0.25) is 15.0 Å². The second-order valence-electron chi connectivity index (χ2n) is 7.53. The number of para-hydroxylation sites is 2. The predicted molar refractivity (Wildman–Crippen MR) is 125 cm³/mol. The molecule has 170 valence electrons. The Morgan fingerprint density at radius 3 is 2.82 bits per heavy atom. The van der Waals surface area contributed by atoms with Crippen molar-refractivity contribution in [2.45, 2.75) is 24.2 Å². The lowest BCUT2D eigenvalue weighted by Gasteiger charge is -2.22. The fourth-order valence-electron chi connectivity index (χ4n) is 3.63. The molecule has 0 saturated carbocycles. The molecule has 4 amide bonds. The van der Waals surface area contributed by atoms with Gasteiger partial charge in [0.05, 0.1) is 23.9 Å². The van der Waals surface area contributed by atoms with E-state index in [9.17, 15) is 14.4 Å². The van der Waals surface area contributed by atoms with Gasteiger partial charge in [-0.2, -0.15) is 5.01 Å². The van der Waals surface area contributed by atoms with Crippen LogP contribution in [0, 0.1) is 0 Å². The van der Waals surface area contributed by atoms with E-state index in [1.54, 1.807) is 37.3 Å². The van der Waals surface area contributed by atoms with Crippen molar-refractivity contribution in [1.82, 2.24) is 25.3 Å². The predicted octanol–water partition coefficient (Wildman–Crippen LogP) is 2.82. The molecule has 1 aliphatic heterocycles. The van der Waals surface area contributed by atoms with Gasteiger partial charge >= 0.3 is 6.03 Å². The number of nitrogens with zero attached hydrogens (tertiary/aromatic N) is 3. The topological polar surface area (TPSA) is 106 Å². The smallest absolute Gasteiger partial charge is 0.344 e. The number of urea groups is 1. The summed E-state index contributed by atoms with van der Waals surface area (Å²) < 4.78 is 7.16. The highest BCUT2D eigenvalue weighted by molar-refractivity contribution is 7.99. The summed E-state index contributed by atoms with van der Waals surface area (Å²) in [4.78, 5) is 42.7. The first kappa shape index (κ1) is 22.4. The van der Waals surface area contributed by atoms with Crippen molar-refractivity contribution in [1.29, 1.82) is 0 Å². The minimum atomic E-state index is -1.33. The zero-order chi connectivity index (χ0) is 23.6. The van der Waals surface area contributed by atoms with Gasteiger partial charge in [-0.15, -0.1) is 6.58 Å². The second kappa shape index (κ2) is 8.99. The number of allylic oxidation sites excluding steroid dienone is 1. The number of imide groups is 1. The van der Waals surface area contributed by atoms with Gasteiger partial charge in [-0.25, -0.2) is 9.78 Å². The van der Waals surface area contributed by atoms with Crippen LogP contribution in [0.15, 0.2) is 66.3 Å². The Balaban J connectivity index is 1.46. The number of carbonyl (C=O) groups is 3. The monoisotopic (exact) mass is 465 g/mol. The Morgan fingerprint density at radius 2 is 2.06 bits per heavy atom. The van der Waals surface area contributed by atoms with Crippen LogP contribution in [-0.2, 0) is 21.7 Å². The van der Waals surface area contributed by atoms with E-state index in [0.29, 0.717) is 23.0 Å². The van der Waals surface area contributed by atoms with Crippen molar-refractivity contribution in [3.05, 3.63) is 66.7 Å². The van der Waals surface area contributed by atoms with Gasteiger partial charge in [-0.05, 0) is 36.8 Å². The van der Waals surface area contributed by atoms with Crippen LogP contribution in [-0.4, -0.2) is 45.3 Å². The zero-order valence-corrected chi connectivity index (χ0v) is 19.0. The Labute approximate surface area is 194 Å². The van der Waals surface area contributed by atoms with E-state index in [0.717, 1.165) is 16.0 Å². The maximum atomic E-state index is 13.1. The lowest BCUT2D eigenvalue weighted by atomic mass is 9.92. The Morgan fingerprint density at radius 1 is 1.27 bits per heavy atom. The van der Waals surface area contributed by atoms with Crippen LogP contribution < -0.4 is 15.5 Å². The molecule has 0 radical (unpaired) electrons. The number of carbonyl (C=O) groups excluding carboxylic acids is 3. The third-order valence-corrected chi connectivity index (χ3v) is 6.31. The molecule has 4 rings (SSSR count). The van der Waals surface area contributed by atoms with Crippen molar-refractivity contribution in [2.24, 2.45) is 0 Å². The number of methoxy groups -OCH3 is 1. The number of thioether (sulfide) groups is 1. The fourth-order valence-corrected chi connectivity index (χ4v) is 4.44. The van der Waals surface area contributed by atoms with Crippen LogP contribution >= 0.6 is 11.8 Å². The standard InChI is InChI=1S/C23H23N5O4S/c1-4-12-27-18-11-6-5-10-17(18)24-22(27)33-14-19(29)26-28-20(30)23(2,25-21(28)31)15-8-7-9-16(13-15)32-3/h4-11,13H,1,12,14H2,2-3H3,(H,25,31)(H,26,29)/t23-/m1/s1. The molecule has 0 aliphatic carbocycles. The molecular formula is C23H23N5O4S. The molecule has 9 nitrogen and oxygen atoms in total. The lowest BCUT2D eigenvalue weighted by Crippen LogP contribution is -2.48. The first-order valence-corrected chi connectivity index (χ1v) is 11.2. The maximum Gasteiger partial charge on any atom is 0.344 e. The van der Waals surface area contributed by atoms with Gasteiger partial charge in [0.15, 0.2) is 5.16 Å². The number of benzene rings is 2. The van der Waals surface area contributed by atoms with Gasteiger partial charge in [-0.1, -0.05) is 42.1 Å². The Hall–Kier alpha value is -3.79. The third kappa shape index (κ3) is 4.17. The van der Waals surface area contributed by atoms with E-state index < -0.39 is 23.4 Å². The molecule has 2 N–H and O–H groups in total. The van der Waals surface area contributed by atoms with Crippen LogP contribution in [0.1, 0.15) is 12.5 Å². The molecule has 10 heteroatoms. The minimum absolute atomic E-state index is 0.0343. The largest absolute Gasteiger partial charge is 0.497 e. The van der Waals surface area contributed by atoms with Crippen molar-refractivity contribution in [3.63, 3.8) is 0 Å². The summed E-state index contributed by atoms with van der Waals surface area (Å²) in [5, 5.41) is 4.01. The van der Waals surface area contributed by atoms with Gasteiger partial charge in [0.25, 0.3) is 5.91 Å². The summed E-state index contributed by atoms with van der Waals surface area (Å²) in [6.07, 6.45) is 1.75. The summed E-state index contributed by atoms with van der Waals surface area (Å²) in [5.74, 6) is -0.571. The van der Waals surface area contributed by atoms with Crippen LogP contribution in [0.25, 0.3) is 11.0 Å². The molecule has 2 heterocycles. The van der Waals surface area contributed by atoms with Crippen molar-refractivity contribution >= 4 is 40.6 Å². The van der Waals surface area contributed by atoms with Crippen LogP contribution in [0.2, 0.25) is 0 Å². The highest BCUT2D eigenvalue weighted by atomic mass is 32.2. The first-order valence-electron chi connectivity index (χ1n) is 10.2. The number of nitrogens with one attached hydrogen (secondary N) is 2. The van der Waals surface area contributed by atoms with E-state index in [1.165, 1.54) is 18.9 Å². The van der Waals surface area contributed by atoms with Gasteiger partial charge in [0, 0.05) is 6.54 Å². The quantitative estimate of drug-likeness (QED) is 0.301. The van der Waals surface area contributed by atoms with Crippen LogP contribution in [0.5, 0.6) is 5.75 Å². The van der Waals surface area contributed by atoms with Crippen molar-refractivity contribution in [2.75, 3.05) is 12.9 Å². The Bertz CT molecular complexity index is 1260. The molecule has 2 aromatic carbocycles. The highest BCUT2D eigenvalue weighted by Gasteiger charge is 2.50. The number of hydrogen-bond donors (Lipinski definition) is 2. The molecule has 33 heavy (non-hydrogen) atoms. The van der Waals surface area contributed by atoms with Gasteiger partial charge in [0.2, 0.25) is 5.91 Å². The van der Waals surface area contributed by atoms with Crippen LogP contribution in [0.3, 0.4) is 0 Å². The number of ether oxygens (including phenoxy) is 1. The number of aromatic nitrogens is 2. The third-order valence-electron chi connectivity index (χ3n) is 5.34. The summed E-state index contributed by atoms with van der Waals surface area (Å²) in [6.45, 7) is 5.90. The van der Waals surface area contributed by atoms with E-state index in [1.807, 2.05) is 28.8 Å². The number of rotatable bonds is 8. The molecule has 3 aromatic rings. The molecule has 1 saturated heterocycles. The zero-order valence-electron chi connectivity index (χ0n) is 18.2. The number of imidazole rings is 1. The molecular weight excluding hydrogens is 442 g/mol. The maximum absolute atomic E-state index is 13.1. The molecule has 0 unspecified atom stereocenters. The van der Waals surface area contributed by atoms with E-state index in [2.05, 4.69) is 22.3 Å². The lowest BCUT2D eigenvalue weighted by molar-refractivity contribution is -0.138. The molecule has 1 aromatic heterocycles. The van der Waals surface area contributed by atoms with Crippen molar-refractivity contribution in [3.8, 4) is 5.75 Å². The van der Waals surface area contributed by atoms with E-state index >= 15 is 0 Å². The van der Waals surface area contributed by atoms with Crippen molar-refractivity contribution < 1.29 is 19.1 Å². The fraction of sp³-hybridized carbons (Fsp3) is 0.217. The summed E-state index contributed by atoms with van der Waals surface area (Å²) in [6, 6.07) is 13.8. The first-order chi connectivity index (χ1) is 15.9. The summed E-state index contributed by atoms with van der Waals surface area (Å²) >= 11 is 1.21. The minimum Gasteiger partial charge on any atom is -0.497 e. The molecule has 0 spiro atoms. The number of hydrazine groups is 1. The summed E-state index contributed by atoms with van der Waals surface area (Å²) in [7, 11) is 1.52.